The van der Waals surface area contributed by atoms with Gasteiger partial charge in [0.1, 0.15) is 0 Å². The molecule has 1 fully saturated rings. The van der Waals surface area contributed by atoms with Crippen LogP contribution in [0.1, 0.15) is 32.1 Å². The van der Waals surface area contributed by atoms with Crippen molar-refractivity contribution in [2.45, 2.75) is 44.2 Å². The minimum atomic E-state index is -2.01. The van der Waals surface area contributed by atoms with E-state index in [2.05, 4.69) is 128 Å². The van der Waals surface area contributed by atoms with Crippen molar-refractivity contribution in [1.82, 2.24) is 0 Å². The molecule has 0 aliphatic heterocycles. The Bertz CT molecular complexity index is 1580. The number of hydrogen-bond donors (Lipinski definition) is 0. The largest absolute Gasteiger partial charge is 4.00 e. The Kier molecular flexibility index (Phi) is 9.88. The second-order valence-electron chi connectivity index (χ2n) is 11.4. The summed E-state index contributed by atoms with van der Waals surface area (Å²) >= 11 is 0. The second kappa shape index (κ2) is 13.0. The zero-order valence-corrected chi connectivity index (χ0v) is 29.3. The van der Waals surface area contributed by atoms with Gasteiger partial charge in [0.15, 0.2) is 0 Å². The minimum Gasteiger partial charge on any atom is -0.358 e. The molecule has 0 nitrogen and oxygen atoms in total. The molecule has 204 valence electrons. The van der Waals surface area contributed by atoms with Gasteiger partial charge in [-0.1, -0.05) is 123 Å². The molecular weight excluding hydrogens is 675 g/mol. The van der Waals surface area contributed by atoms with Crippen LogP contribution in [0.5, 0.6) is 0 Å². The maximum Gasteiger partial charge on any atom is 4.00 e. The van der Waals surface area contributed by atoms with Crippen LogP contribution in [0, 0.1) is 14.9 Å². The van der Waals surface area contributed by atoms with E-state index in [1.807, 2.05) is 0 Å². The van der Waals surface area contributed by atoms with Crippen LogP contribution in [0.25, 0.3) is 43.8 Å². The fourth-order valence-electron chi connectivity index (χ4n) is 7.13. The van der Waals surface area contributed by atoms with Crippen LogP contribution in [-0.4, -0.2) is 8.07 Å². The molecule has 1 aliphatic carbocycles. The van der Waals surface area contributed by atoms with Gasteiger partial charge in [0.2, 0.25) is 0 Å². The molecule has 0 amide bonds. The molecule has 0 unspecified atom stereocenters. The summed E-state index contributed by atoms with van der Waals surface area (Å²) in [6, 6.07) is 45.8. The Hall–Kier alpha value is -2.81. The first-order valence-electron chi connectivity index (χ1n) is 14.2. The summed E-state index contributed by atoms with van der Waals surface area (Å²) in [6.45, 7) is 2.68. The topological polar surface area (TPSA) is 0 Å². The summed E-state index contributed by atoms with van der Waals surface area (Å²) in [7, 11) is -2.01. The third-order valence-electron chi connectivity index (χ3n) is 9.29. The number of benzene rings is 4. The standard InChI is InChI=1S/C37H34Si.2CH3.Hf/c1-38(31-19-9-4-10-20-31,32-23-29-17-11-21-34(36(29)25-32)27-13-5-2-6-14-27)33-24-30-18-12-22-35(37(30)26-33)28-15-7-3-8-16-28;;;/h2-3,5-8,11-18,21-26,31H,4,9-10,19-20H2,1H3;2*1H3;/q-2;2*-1;+4. The van der Waals surface area contributed by atoms with Crippen molar-refractivity contribution in [3.05, 3.63) is 136 Å². The third kappa shape index (κ3) is 5.54. The summed E-state index contributed by atoms with van der Waals surface area (Å²) in [5.74, 6) is 0. The second-order valence-corrected chi connectivity index (χ2v) is 15.8. The Morgan fingerprint density at radius 1 is 0.561 bits per heavy atom. The molecule has 0 radical (unpaired) electrons. The molecule has 0 N–H and O–H groups in total. The van der Waals surface area contributed by atoms with Gasteiger partial charge in [0.05, 0.1) is 8.07 Å². The van der Waals surface area contributed by atoms with E-state index in [1.165, 1.54) is 75.9 Å². The van der Waals surface area contributed by atoms with Gasteiger partial charge in [-0.05, 0) is 16.7 Å². The molecule has 1 aliphatic rings. The van der Waals surface area contributed by atoms with Gasteiger partial charge >= 0.3 is 25.8 Å². The first kappa shape index (κ1) is 31.1. The fraction of sp³-hybridized carbons (Fsp3) is 0.179. The van der Waals surface area contributed by atoms with Crippen LogP contribution >= 0.6 is 0 Å². The first-order chi connectivity index (χ1) is 18.7. The van der Waals surface area contributed by atoms with Crippen LogP contribution < -0.4 is 10.4 Å². The van der Waals surface area contributed by atoms with Crippen molar-refractivity contribution in [3.8, 4) is 22.3 Å². The van der Waals surface area contributed by atoms with Crippen LogP contribution in [0.4, 0.5) is 0 Å². The van der Waals surface area contributed by atoms with E-state index in [9.17, 15) is 0 Å². The Balaban J connectivity index is 0.00000129. The van der Waals surface area contributed by atoms with Crippen molar-refractivity contribution >= 4 is 40.0 Å². The van der Waals surface area contributed by atoms with Crippen LogP contribution in [0.15, 0.2) is 121 Å². The molecule has 6 aromatic carbocycles. The smallest absolute Gasteiger partial charge is 0.358 e. The first-order valence-corrected chi connectivity index (χ1v) is 16.8. The Morgan fingerprint density at radius 2 is 1.00 bits per heavy atom. The summed E-state index contributed by atoms with van der Waals surface area (Å²) in [4.78, 5) is 0. The quantitative estimate of drug-likeness (QED) is 0.123. The zero-order valence-electron chi connectivity index (χ0n) is 24.7. The van der Waals surface area contributed by atoms with Crippen LogP contribution in [-0.2, 0) is 25.8 Å². The van der Waals surface area contributed by atoms with Crippen molar-refractivity contribution in [3.63, 3.8) is 0 Å². The van der Waals surface area contributed by atoms with E-state index in [-0.39, 0.29) is 40.7 Å². The van der Waals surface area contributed by atoms with Gasteiger partial charge in [-0.15, -0.1) is 68.3 Å². The van der Waals surface area contributed by atoms with E-state index >= 15 is 0 Å². The van der Waals surface area contributed by atoms with E-state index in [0.717, 1.165) is 5.54 Å². The van der Waals surface area contributed by atoms with Crippen molar-refractivity contribution in [2.75, 3.05) is 0 Å². The molecule has 2 heteroatoms. The minimum absolute atomic E-state index is 0. The van der Waals surface area contributed by atoms with Crippen molar-refractivity contribution < 1.29 is 25.8 Å². The molecule has 0 aromatic heterocycles. The van der Waals surface area contributed by atoms with E-state index in [0.29, 0.717) is 0 Å². The molecule has 7 rings (SSSR count). The van der Waals surface area contributed by atoms with Crippen molar-refractivity contribution in [1.29, 1.82) is 0 Å². The van der Waals surface area contributed by atoms with Gasteiger partial charge < -0.3 is 14.9 Å². The van der Waals surface area contributed by atoms with Gasteiger partial charge in [-0.25, -0.2) is 0 Å². The predicted octanol–water partition coefficient (Wildman–Crippen LogP) is 10.2. The molecule has 0 bridgehead atoms. The normalized spacial score (nSPS) is 13.8. The fourth-order valence-corrected chi connectivity index (χ4v) is 11.8. The van der Waals surface area contributed by atoms with E-state index in [4.69, 9.17) is 0 Å². The number of hydrogen-bond acceptors (Lipinski definition) is 0. The van der Waals surface area contributed by atoms with E-state index in [1.54, 1.807) is 10.4 Å². The summed E-state index contributed by atoms with van der Waals surface area (Å²) in [5.41, 5.74) is 6.11. The molecular formula is C39H40HfSi. The van der Waals surface area contributed by atoms with Crippen molar-refractivity contribution in [2.24, 2.45) is 0 Å². The molecule has 0 spiro atoms. The van der Waals surface area contributed by atoms with Gasteiger partial charge in [-0.3, -0.25) is 0 Å². The molecule has 1 saturated carbocycles. The maximum absolute atomic E-state index is 2.68. The maximum atomic E-state index is 2.68. The number of rotatable bonds is 5. The van der Waals surface area contributed by atoms with Gasteiger partial charge in [0.25, 0.3) is 0 Å². The predicted molar refractivity (Wildman–Crippen MR) is 181 cm³/mol. The third-order valence-corrected chi connectivity index (χ3v) is 14.5. The average Bonchev–Trinajstić information content (AvgIpc) is 3.63. The SMILES string of the molecule is C[Si](c1cc2c(-c3ccccc3)cccc2[cH-]1)(c1cc2c(-c3ccccc3)cccc2[cH-]1)C1CCCCC1.[CH3-].[CH3-].[Hf+4]. The van der Waals surface area contributed by atoms with Crippen LogP contribution in [0.3, 0.4) is 0 Å². The monoisotopic (exact) mass is 716 g/mol. The molecule has 0 saturated heterocycles. The average molecular weight is 715 g/mol. The van der Waals surface area contributed by atoms with Crippen LogP contribution in [0.2, 0.25) is 12.1 Å². The molecule has 0 atom stereocenters. The van der Waals surface area contributed by atoms with Gasteiger partial charge in [0, 0.05) is 0 Å². The summed E-state index contributed by atoms with van der Waals surface area (Å²) in [6.07, 6.45) is 6.87. The Morgan fingerprint density at radius 3 is 1.44 bits per heavy atom. The summed E-state index contributed by atoms with van der Waals surface area (Å²) in [5, 5.41) is 8.81. The zero-order chi connectivity index (χ0) is 25.5. The molecule has 41 heavy (non-hydrogen) atoms. The summed E-state index contributed by atoms with van der Waals surface area (Å²) < 4.78 is 0. The molecule has 0 heterocycles. The number of fused-ring (bicyclic) bond motifs is 2. The Labute approximate surface area is 267 Å². The molecule has 6 aromatic rings. The van der Waals surface area contributed by atoms with E-state index < -0.39 is 8.07 Å². The van der Waals surface area contributed by atoms with Gasteiger partial charge in [-0.2, -0.15) is 12.1 Å².